The van der Waals surface area contributed by atoms with Crippen LogP contribution in [-0.4, -0.2) is 52.1 Å². The van der Waals surface area contributed by atoms with E-state index in [1.165, 1.54) is 24.3 Å². The van der Waals surface area contributed by atoms with Crippen LogP contribution in [0.1, 0.15) is 55.3 Å². The van der Waals surface area contributed by atoms with Gasteiger partial charge in [0.15, 0.2) is 0 Å². The van der Waals surface area contributed by atoms with Crippen LogP contribution in [0.25, 0.3) is 0 Å². The quantitative estimate of drug-likeness (QED) is 0.267. The first-order chi connectivity index (χ1) is 14.5. The molecule has 4 N–H and O–H groups in total. The summed E-state index contributed by atoms with van der Waals surface area (Å²) in [5.74, 6) is -0.993. The largest absolute Gasteiger partial charge is 0.507 e. The van der Waals surface area contributed by atoms with E-state index in [4.69, 9.17) is 0 Å². The number of phenols is 1. The highest BCUT2D eigenvalue weighted by Crippen LogP contribution is 2.39. The Morgan fingerprint density at radius 3 is 2.50 bits per heavy atom. The number of rotatable bonds is 13. The molecule has 2 amide bonds. The van der Waals surface area contributed by atoms with Crippen LogP contribution < -0.4 is 10.6 Å². The van der Waals surface area contributed by atoms with Gasteiger partial charge in [0.2, 0.25) is 5.91 Å². The number of aromatic hydroxyl groups is 1. The van der Waals surface area contributed by atoms with Crippen LogP contribution in [0.5, 0.6) is 5.75 Å². The number of unbranched alkanes of at least 4 members (excludes halogenated alkanes) is 1. The summed E-state index contributed by atoms with van der Waals surface area (Å²) in [5.41, 5.74) is 0.155. The summed E-state index contributed by atoms with van der Waals surface area (Å²) < 4.78 is 0. The van der Waals surface area contributed by atoms with Crippen molar-refractivity contribution in [3.63, 3.8) is 0 Å². The Morgan fingerprint density at radius 1 is 1.10 bits per heavy atom. The molecule has 1 heterocycles. The highest BCUT2D eigenvalue weighted by atomic mass is 33.1. The zero-order valence-corrected chi connectivity index (χ0v) is 18.6. The highest BCUT2D eigenvalue weighted by Gasteiger charge is 2.19. The smallest absolute Gasteiger partial charge is 0.306 e. The Kier molecular flexibility index (Phi) is 10.9. The van der Waals surface area contributed by atoms with Gasteiger partial charge in [-0.05, 0) is 44.2 Å². The van der Waals surface area contributed by atoms with Gasteiger partial charge in [0.25, 0.3) is 5.91 Å². The molecule has 1 aromatic carbocycles. The number of amides is 2. The van der Waals surface area contributed by atoms with Crippen LogP contribution in [0.3, 0.4) is 0 Å². The van der Waals surface area contributed by atoms with E-state index in [0.717, 1.165) is 24.5 Å². The molecular formula is C21H30N2O5S2. The maximum atomic E-state index is 12.1. The van der Waals surface area contributed by atoms with Crippen LogP contribution in [0.15, 0.2) is 24.3 Å². The van der Waals surface area contributed by atoms with Gasteiger partial charge in [0.05, 0.1) is 11.5 Å². The van der Waals surface area contributed by atoms with Crippen molar-refractivity contribution in [1.82, 2.24) is 10.6 Å². The fraction of sp³-hybridized carbons (Fsp3) is 0.571. The molecule has 166 valence electrons. The second kappa shape index (κ2) is 13.4. The number of carbonyl (C=O) groups is 3. The van der Waals surface area contributed by atoms with Crippen LogP contribution in [-0.2, 0) is 9.59 Å². The number of phenolic OH excluding ortho intramolecular Hbond substituents is 1. The van der Waals surface area contributed by atoms with Crippen molar-refractivity contribution < 1.29 is 24.6 Å². The molecule has 0 radical (unpaired) electrons. The summed E-state index contributed by atoms with van der Waals surface area (Å²) in [6.45, 7) is 0.480. The summed E-state index contributed by atoms with van der Waals surface area (Å²) in [6, 6.07) is 6.18. The van der Waals surface area contributed by atoms with Gasteiger partial charge in [0, 0.05) is 30.5 Å². The number of carboxylic acids is 1. The first-order valence-corrected chi connectivity index (χ1v) is 12.7. The van der Waals surface area contributed by atoms with Crippen molar-refractivity contribution in [1.29, 1.82) is 0 Å². The van der Waals surface area contributed by atoms with E-state index in [2.05, 4.69) is 10.6 Å². The molecule has 0 bridgehead atoms. The van der Waals surface area contributed by atoms with Gasteiger partial charge < -0.3 is 20.8 Å². The molecule has 0 aromatic heterocycles. The average Bonchev–Trinajstić information content (AvgIpc) is 3.23. The van der Waals surface area contributed by atoms with E-state index in [1.807, 2.05) is 21.6 Å². The normalized spacial score (nSPS) is 16.7. The zero-order valence-electron chi connectivity index (χ0n) is 17.0. The van der Waals surface area contributed by atoms with Gasteiger partial charge in [0.1, 0.15) is 5.75 Å². The third-order valence-electron chi connectivity index (χ3n) is 5.00. The second-order valence-electron chi connectivity index (χ2n) is 7.31. The van der Waals surface area contributed by atoms with Gasteiger partial charge in [-0.2, -0.15) is 0 Å². The lowest BCUT2D eigenvalue weighted by Crippen LogP contribution is -2.31. The molecule has 0 spiro atoms. The van der Waals surface area contributed by atoms with E-state index in [1.54, 1.807) is 12.1 Å². The minimum absolute atomic E-state index is 0.0413. The lowest BCUT2D eigenvalue weighted by Gasteiger charge is -2.14. The van der Waals surface area contributed by atoms with Gasteiger partial charge in [-0.15, -0.1) is 0 Å². The van der Waals surface area contributed by atoms with E-state index in [-0.39, 0.29) is 30.2 Å². The van der Waals surface area contributed by atoms with Crippen LogP contribution in [0.2, 0.25) is 0 Å². The molecule has 0 saturated carbocycles. The molecule has 1 aromatic rings. The topological polar surface area (TPSA) is 116 Å². The minimum atomic E-state index is -0.951. The number of benzene rings is 1. The molecule has 7 nitrogen and oxygen atoms in total. The summed E-state index contributed by atoms with van der Waals surface area (Å²) in [7, 11) is 3.87. The molecular weight excluding hydrogens is 424 g/mol. The Hall–Kier alpha value is -1.87. The molecule has 1 saturated heterocycles. The van der Waals surface area contributed by atoms with E-state index in [9.17, 15) is 24.6 Å². The number of nitrogens with one attached hydrogen (secondary N) is 2. The first-order valence-electron chi connectivity index (χ1n) is 10.3. The summed E-state index contributed by atoms with van der Waals surface area (Å²) in [5, 5.41) is 25.2. The van der Waals surface area contributed by atoms with Gasteiger partial charge in [-0.3, -0.25) is 14.4 Å². The molecule has 1 aliphatic rings. The van der Waals surface area contributed by atoms with E-state index in [0.29, 0.717) is 19.4 Å². The van der Waals surface area contributed by atoms with Crippen LogP contribution in [0.4, 0.5) is 0 Å². The van der Waals surface area contributed by atoms with Crippen LogP contribution >= 0.6 is 21.6 Å². The number of aliphatic carboxylic acids is 1. The molecule has 2 unspecified atom stereocenters. The second-order valence-corrected chi connectivity index (χ2v) is 10.1. The third kappa shape index (κ3) is 8.87. The predicted octanol–water partition coefficient (Wildman–Crippen LogP) is 3.43. The van der Waals surface area contributed by atoms with Crippen molar-refractivity contribution in [3.05, 3.63) is 29.8 Å². The monoisotopic (exact) mass is 454 g/mol. The fourth-order valence-electron chi connectivity index (χ4n) is 3.21. The number of para-hydroxylation sites is 1. The highest BCUT2D eigenvalue weighted by molar-refractivity contribution is 8.77. The molecule has 0 aliphatic carbocycles. The number of hydrogen-bond donors (Lipinski definition) is 4. The Balaban J connectivity index is 1.59. The predicted molar refractivity (Wildman–Crippen MR) is 121 cm³/mol. The SMILES string of the molecule is O=C(CCCCC1CCSS1)NCCC(CCNC(=O)c1ccccc1O)C(=O)O. The number of hydrogen-bond acceptors (Lipinski definition) is 6. The van der Waals surface area contributed by atoms with Crippen molar-refractivity contribution in [2.45, 2.75) is 50.2 Å². The third-order valence-corrected chi connectivity index (χ3v) is 8.01. The molecule has 1 fully saturated rings. The summed E-state index contributed by atoms with van der Waals surface area (Å²) in [6.07, 6.45) is 5.34. The average molecular weight is 455 g/mol. The first kappa shape index (κ1) is 24.4. The van der Waals surface area contributed by atoms with Gasteiger partial charge >= 0.3 is 5.97 Å². The maximum Gasteiger partial charge on any atom is 0.306 e. The Morgan fingerprint density at radius 2 is 1.83 bits per heavy atom. The van der Waals surface area contributed by atoms with Crippen molar-refractivity contribution in [2.24, 2.45) is 5.92 Å². The summed E-state index contributed by atoms with van der Waals surface area (Å²) in [4.78, 5) is 35.4. The zero-order chi connectivity index (χ0) is 21.8. The number of carboxylic acid groups (broad SMARTS) is 1. The van der Waals surface area contributed by atoms with Gasteiger partial charge in [-0.1, -0.05) is 40.1 Å². The van der Waals surface area contributed by atoms with Crippen molar-refractivity contribution in [3.8, 4) is 5.75 Å². The molecule has 2 rings (SSSR count). The Labute approximate surface area is 185 Å². The molecule has 2 atom stereocenters. The standard InChI is InChI=1S/C21H30N2O5S2/c24-18-7-3-2-6-17(18)20(26)23-13-10-15(21(27)28)9-12-22-19(25)8-4-1-5-16-11-14-29-30-16/h2-3,6-7,15-16,24H,1,4-5,8-14H2,(H,22,25)(H,23,26)(H,27,28). The van der Waals surface area contributed by atoms with Crippen LogP contribution in [0, 0.1) is 5.92 Å². The lowest BCUT2D eigenvalue weighted by atomic mass is 10.0. The minimum Gasteiger partial charge on any atom is -0.507 e. The van der Waals surface area contributed by atoms with E-state index < -0.39 is 17.8 Å². The van der Waals surface area contributed by atoms with Crippen molar-refractivity contribution >= 4 is 39.4 Å². The van der Waals surface area contributed by atoms with E-state index >= 15 is 0 Å². The summed E-state index contributed by atoms with van der Waals surface area (Å²) >= 11 is 0. The number of carbonyl (C=O) groups excluding carboxylic acids is 2. The molecule has 1 aliphatic heterocycles. The molecule has 30 heavy (non-hydrogen) atoms. The Bertz CT molecular complexity index is 710. The molecule has 9 heteroatoms. The van der Waals surface area contributed by atoms with Gasteiger partial charge in [-0.25, -0.2) is 0 Å². The maximum absolute atomic E-state index is 12.1. The fourth-order valence-corrected chi connectivity index (χ4v) is 6.24. The lowest BCUT2D eigenvalue weighted by molar-refractivity contribution is -0.142. The van der Waals surface area contributed by atoms with Crippen molar-refractivity contribution in [2.75, 3.05) is 18.8 Å².